The molecule has 0 bridgehead atoms. The Morgan fingerprint density at radius 3 is 2.70 bits per heavy atom. The van der Waals surface area contributed by atoms with Crippen molar-refractivity contribution in [2.75, 3.05) is 0 Å². The van der Waals surface area contributed by atoms with Gasteiger partial charge in [0.05, 0.1) is 27.7 Å². The highest BCUT2D eigenvalue weighted by atomic mass is 32.1. The number of pyridine rings is 1. The van der Waals surface area contributed by atoms with E-state index >= 15 is 0 Å². The fourth-order valence-electron chi connectivity index (χ4n) is 2.56. The number of carbonyl (C=O) groups is 1. The Balaban J connectivity index is 1.91. The monoisotopic (exact) mass is 391 g/mol. The van der Waals surface area contributed by atoms with Crippen LogP contribution in [0.1, 0.15) is 27.9 Å². The van der Waals surface area contributed by atoms with Crippen LogP contribution in [0.4, 0.5) is 13.2 Å². The molecule has 0 atom stereocenters. The van der Waals surface area contributed by atoms with Crippen molar-refractivity contribution in [3.8, 4) is 11.3 Å². The molecule has 2 aromatic heterocycles. The molecule has 0 aliphatic rings. The van der Waals surface area contributed by atoms with Gasteiger partial charge in [0.1, 0.15) is 0 Å². The smallest absolute Gasteiger partial charge is 0.351 e. The number of thiazole rings is 1. The zero-order chi connectivity index (χ0) is 19.4. The van der Waals surface area contributed by atoms with Crippen LogP contribution in [0.2, 0.25) is 0 Å². The number of alkyl halides is 3. The van der Waals surface area contributed by atoms with Gasteiger partial charge in [0, 0.05) is 31.3 Å². The van der Waals surface area contributed by atoms with Crippen molar-refractivity contribution < 1.29 is 18.0 Å². The molecule has 4 nitrogen and oxygen atoms in total. The topological polar surface area (TPSA) is 54.9 Å². The number of halogens is 3. The van der Waals surface area contributed by atoms with Crippen LogP contribution >= 0.6 is 11.3 Å². The maximum atomic E-state index is 12.9. The molecule has 27 heavy (non-hydrogen) atoms. The normalized spacial score (nSPS) is 11.4. The van der Waals surface area contributed by atoms with Gasteiger partial charge in [-0.25, -0.2) is 4.98 Å². The number of hydrogen-bond donors (Lipinski definition) is 1. The van der Waals surface area contributed by atoms with Gasteiger partial charge in [0.15, 0.2) is 0 Å². The summed E-state index contributed by atoms with van der Waals surface area (Å²) in [7, 11) is 0. The number of nitrogens with one attached hydrogen (secondary N) is 1. The lowest BCUT2D eigenvalue weighted by Gasteiger charge is -2.07. The molecule has 1 aromatic carbocycles. The molecule has 0 unspecified atom stereocenters. The van der Waals surface area contributed by atoms with Crippen LogP contribution < -0.4 is 5.32 Å². The van der Waals surface area contributed by atoms with Crippen LogP contribution in [-0.4, -0.2) is 15.9 Å². The second kappa shape index (κ2) is 7.87. The van der Waals surface area contributed by atoms with Gasteiger partial charge in [-0.1, -0.05) is 18.2 Å². The van der Waals surface area contributed by atoms with E-state index < -0.39 is 11.7 Å². The molecule has 3 aromatic rings. The molecule has 0 saturated carbocycles. The summed E-state index contributed by atoms with van der Waals surface area (Å²) in [6.45, 7) is 1.73. The Kier molecular flexibility index (Phi) is 5.55. The molecule has 0 radical (unpaired) electrons. The highest BCUT2D eigenvalue weighted by molar-refractivity contribution is 7.12. The first kappa shape index (κ1) is 19.0. The van der Waals surface area contributed by atoms with E-state index in [1.165, 1.54) is 24.3 Å². The lowest BCUT2D eigenvalue weighted by molar-refractivity contribution is -0.137. The summed E-state index contributed by atoms with van der Waals surface area (Å²) in [5.74, 6) is -0.167. The van der Waals surface area contributed by atoms with Gasteiger partial charge in [-0.2, -0.15) is 13.2 Å². The summed E-state index contributed by atoms with van der Waals surface area (Å²) in [5, 5.41) is 3.42. The minimum atomic E-state index is -4.38. The van der Waals surface area contributed by atoms with Crippen molar-refractivity contribution in [3.63, 3.8) is 0 Å². The van der Waals surface area contributed by atoms with Crippen molar-refractivity contribution in [1.29, 1.82) is 0 Å². The van der Waals surface area contributed by atoms with E-state index in [1.54, 1.807) is 24.5 Å². The maximum absolute atomic E-state index is 12.9. The van der Waals surface area contributed by atoms with E-state index in [0.29, 0.717) is 22.8 Å². The van der Waals surface area contributed by atoms with Crippen LogP contribution in [-0.2, 0) is 23.9 Å². The highest BCUT2D eigenvalue weighted by Gasteiger charge is 2.30. The molecule has 0 saturated heterocycles. The molecule has 1 N–H and O–H groups in total. The zero-order valence-corrected chi connectivity index (χ0v) is 15.2. The van der Waals surface area contributed by atoms with E-state index in [1.807, 2.05) is 6.07 Å². The average molecular weight is 391 g/mol. The van der Waals surface area contributed by atoms with Gasteiger partial charge in [0.2, 0.25) is 5.91 Å². The first-order chi connectivity index (χ1) is 12.8. The third-order valence-corrected chi connectivity index (χ3v) is 4.84. The van der Waals surface area contributed by atoms with Crippen molar-refractivity contribution in [1.82, 2.24) is 15.3 Å². The van der Waals surface area contributed by atoms with E-state index in [-0.39, 0.29) is 12.3 Å². The number of hydrogen-bond acceptors (Lipinski definition) is 4. The van der Waals surface area contributed by atoms with Gasteiger partial charge < -0.3 is 5.32 Å². The van der Waals surface area contributed by atoms with E-state index in [2.05, 4.69) is 15.3 Å². The van der Waals surface area contributed by atoms with Gasteiger partial charge in [-0.05, 0) is 23.8 Å². The van der Waals surface area contributed by atoms with E-state index in [9.17, 15) is 18.0 Å². The molecule has 140 valence electrons. The lowest BCUT2D eigenvalue weighted by atomic mass is 10.1. The van der Waals surface area contributed by atoms with Gasteiger partial charge in [-0.3, -0.25) is 9.78 Å². The van der Waals surface area contributed by atoms with Gasteiger partial charge in [-0.15, -0.1) is 11.3 Å². The average Bonchev–Trinajstić information content (AvgIpc) is 3.03. The fraction of sp³-hybridized carbons (Fsp3) is 0.211. The largest absolute Gasteiger partial charge is 0.416 e. The summed E-state index contributed by atoms with van der Waals surface area (Å²) in [6, 6.07) is 8.86. The summed E-state index contributed by atoms with van der Waals surface area (Å²) in [6.07, 6.45) is -0.786. The van der Waals surface area contributed by atoms with Crippen molar-refractivity contribution in [2.45, 2.75) is 26.1 Å². The predicted octanol–water partition coefficient (Wildman–Crippen LogP) is 4.45. The minimum Gasteiger partial charge on any atom is -0.351 e. The second-order valence-electron chi connectivity index (χ2n) is 5.91. The van der Waals surface area contributed by atoms with Crippen LogP contribution in [0, 0.1) is 0 Å². The number of aromatic nitrogens is 2. The van der Waals surface area contributed by atoms with E-state index in [0.717, 1.165) is 22.6 Å². The lowest BCUT2D eigenvalue weighted by Crippen LogP contribution is -2.18. The Morgan fingerprint density at radius 2 is 2.04 bits per heavy atom. The van der Waals surface area contributed by atoms with Crippen molar-refractivity contribution >= 4 is 17.2 Å². The molecular weight excluding hydrogens is 375 g/mol. The Hall–Kier alpha value is -2.74. The molecule has 3 rings (SSSR count). The minimum absolute atomic E-state index is 0.167. The Morgan fingerprint density at radius 1 is 1.22 bits per heavy atom. The van der Waals surface area contributed by atoms with Crippen molar-refractivity contribution in [2.24, 2.45) is 0 Å². The number of carbonyl (C=O) groups excluding carboxylic acids is 1. The molecule has 0 aliphatic carbocycles. The van der Waals surface area contributed by atoms with E-state index in [4.69, 9.17) is 0 Å². The highest BCUT2D eigenvalue weighted by Crippen LogP contribution is 2.32. The quantitative estimate of drug-likeness (QED) is 0.699. The second-order valence-corrected chi connectivity index (χ2v) is 7.07. The molecule has 0 aliphatic heterocycles. The van der Waals surface area contributed by atoms with Crippen LogP contribution in [0.25, 0.3) is 11.3 Å². The predicted molar refractivity (Wildman–Crippen MR) is 97.1 cm³/mol. The van der Waals surface area contributed by atoms with Gasteiger partial charge >= 0.3 is 6.18 Å². The molecule has 2 heterocycles. The van der Waals surface area contributed by atoms with Crippen LogP contribution in [0.5, 0.6) is 0 Å². The summed E-state index contributed by atoms with van der Waals surface area (Å²) >= 11 is 1.37. The summed E-state index contributed by atoms with van der Waals surface area (Å²) in [5.41, 5.74) is 1.33. The summed E-state index contributed by atoms with van der Waals surface area (Å²) < 4.78 is 38.7. The number of benzene rings is 1. The number of rotatable bonds is 5. The third kappa shape index (κ3) is 4.91. The molecule has 0 fully saturated rings. The zero-order valence-electron chi connectivity index (χ0n) is 14.4. The SMILES string of the molecule is CC(=O)NCc1sc(Cc2cccc(C(F)(F)F)c2)nc1-c1cccnc1. The summed E-state index contributed by atoms with van der Waals surface area (Å²) in [4.78, 5) is 20.8. The van der Waals surface area contributed by atoms with Gasteiger partial charge in [0.25, 0.3) is 0 Å². The van der Waals surface area contributed by atoms with Crippen LogP contribution in [0.3, 0.4) is 0 Å². The van der Waals surface area contributed by atoms with Crippen molar-refractivity contribution in [3.05, 3.63) is 69.8 Å². The Bertz CT molecular complexity index is 939. The molecule has 8 heteroatoms. The fourth-order valence-corrected chi connectivity index (χ4v) is 3.63. The molecule has 1 amide bonds. The number of nitrogens with zero attached hydrogens (tertiary/aromatic N) is 2. The van der Waals surface area contributed by atoms with Crippen LogP contribution in [0.15, 0.2) is 48.8 Å². The standard InChI is InChI=1S/C19H16F3N3OS/c1-12(26)24-11-16-18(14-5-3-7-23-10-14)25-17(27-16)9-13-4-2-6-15(8-13)19(20,21)22/h2-8,10H,9,11H2,1H3,(H,24,26). The Labute approximate surface area is 158 Å². The first-order valence-corrected chi connectivity index (χ1v) is 8.94. The first-order valence-electron chi connectivity index (χ1n) is 8.12. The molecular formula is C19H16F3N3OS. The number of amides is 1. The maximum Gasteiger partial charge on any atom is 0.416 e. The third-order valence-electron chi connectivity index (χ3n) is 3.78. The molecule has 0 spiro atoms.